The lowest BCUT2D eigenvalue weighted by molar-refractivity contribution is -0.119. The molecule has 0 N–H and O–H groups in total. The van der Waals surface area contributed by atoms with Gasteiger partial charge in [0.25, 0.3) is 0 Å². The van der Waals surface area contributed by atoms with E-state index in [0.29, 0.717) is 11.4 Å². The molecule has 3 nitrogen and oxygen atoms in total. The third-order valence-electron chi connectivity index (χ3n) is 4.97. The Morgan fingerprint density at radius 2 is 1.64 bits per heavy atom. The number of hydrogen-bond acceptors (Lipinski definition) is 2. The van der Waals surface area contributed by atoms with Crippen LogP contribution in [0.3, 0.4) is 0 Å². The topological polar surface area (TPSA) is 37.4 Å². The molecule has 0 spiro atoms. The van der Waals surface area contributed by atoms with Crippen LogP contribution in [0.15, 0.2) is 65.9 Å². The standard InChI is InChI=1S/C21H18ClNO2/c22-17-10-5-4-9-15(17)16-13-20(25)23(14-7-2-1-3-8-14)18-11-6-12-19(24)21(16)18/h1-5,7-10,16H,6,11-13H2/t16-/m1/s1. The highest BCUT2D eigenvalue weighted by atomic mass is 35.5. The summed E-state index contributed by atoms with van der Waals surface area (Å²) in [4.78, 5) is 27.5. The van der Waals surface area contributed by atoms with Crippen LogP contribution < -0.4 is 4.90 Å². The third-order valence-corrected chi connectivity index (χ3v) is 5.31. The molecule has 1 aliphatic heterocycles. The summed E-state index contributed by atoms with van der Waals surface area (Å²) < 4.78 is 0. The molecule has 1 atom stereocenters. The summed E-state index contributed by atoms with van der Waals surface area (Å²) in [6.07, 6.45) is 2.33. The molecule has 2 aromatic carbocycles. The summed E-state index contributed by atoms with van der Waals surface area (Å²) in [7, 11) is 0. The smallest absolute Gasteiger partial charge is 0.232 e. The van der Waals surface area contributed by atoms with E-state index in [1.807, 2.05) is 54.6 Å². The van der Waals surface area contributed by atoms with Crippen molar-refractivity contribution in [3.8, 4) is 0 Å². The molecule has 4 heteroatoms. The predicted molar refractivity (Wildman–Crippen MR) is 98.6 cm³/mol. The predicted octanol–water partition coefficient (Wildman–Crippen LogP) is 4.87. The van der Waals surface area contributed by atoms with Gasteiger partial charge in [-0.25, -0.2) is 0 Å². The lowest BCUT2D eigenvalue weighted by Crippen LogP contribution is -2.40. The highest BCUT2D eigenvalue weighted by molar-refractivity contribution is 6.31. The van der Waals surface area contributed by atoms with Crippen molar-refractivity contribution in [1.82, 2.24) is 0 Å². The summed E-state index contributed by atoms with van der Waals surface area (Å²) in [6.45, 7) is 0. The van der Waals surface area contributed by atoms with Gasteiger partial charge in [-0.3, -0.25) is 14.5 Å². The molecule has 1 amide bonds. The largest absolute Gasteiger partial charge is 0.294 e. The number of halogens is 1. The maximum atomic E-state index is 13.0. The molecular weight excluding hydrogens is 334 g/mol. The first-order valence-corrected chi connectivity index (χ1v) is 8.93. The van der Waals surface area contributed by atoms with Gasteiger partial charge < -0.3 is 0 Å². The number of rotatable bonds is 2. The molecule has 0 saturated carbocycles. The Balaban J connectivity index is 1.89. The average molecular weight is 352 g/mol. The second-order valence-electron chi connectivity index (χ2n) is 6.48. The maximum Gasteiger partial charge on any atom is 0.232 e. The highest BCUT2D eigenvalue weighted by Crippen LogP contribution is 2.44. The molecule has 4 rings (SSSR count). The van der Waals surface area contributed by atoms with Gasteiger partial charge in [0.15, 0.2) is 5.78 Å². The van der Waals surface area contributed by atoms with Crippen LogP contribution in [0.5, 0.6) is 0 Å². The molecule has 2 aliphatic rings. The number of ketones is 1. The van der Waals surface area contributed by atoms with Gasteiger partial charge in [-0.05, 0) is 36.6 Å². The van der Waals surface area contributed by atoms with Crippen molar-refractivity contribution in [2.24, 2.45) is 0 Å². The minimum absolute atomic E-state index is 0.0181. The van der Waals surface area contributed by atoms with Crippen LogP contribution >= 0.6 is 11.6 Å². The summed E-state index contributed by atoms with van der Waals surface area (Å²) in [5.41, 5.74) is 3.31. The average Bonchev–Trinajstić information content (AvgIpc) is 2.62. The summed E-state index contributed by atoms with van der Waals surface area (Å²) in [5, 5.41) is 0.610. The molecule has 0 saturated heterocycles. The first-order chi connectivity index (χ1) is 12.2. The summed E-state index contributed by atoms with van der Waals surface area (Å²) in [6, 6.07) is 17.1. The number of amides is 1. The van der Waals surface area contributed by atoms with Crippen LogP contribution in [-0.2, 0) is 9.59 Å². The zero-order chi connectivity index (χ0) is 17.4. The van der Waals surface area contributed by atoms with E-state index in [1.54, 1.807) is 4.90 Å². The lowest BCUT2D eigenvalue weighted by atomic mass is 9.77. The van der Waals surface area contributed by atoms with Crippen molar-refractivity contribution in [3.05, 3.63) is 76.5 Å². The quantitative estimate of drug-likeness (QED) is 0.774. The first-order valence-electron chi connectivity index (χ1n) is 8.55. The van der Waals surface area contributed by atoms with Crippen LogP contribution in [0.25, 0.3) is 0 Å². The summed E-state index contributed by atoms with van der Waals surface area (Å²) in [5.74, 6) is -0.0897. The normalized spacial score (nSPS) is 20.7. The van der Waals surface area contributed by atoms with E-state index >= 15 is 0 Å². The van der Waals surface area contributed by atoms with E-state index < -0.39 is 0 Å². The van der Waals surface area contributed by atoms with Crippen LogP contribution in [0.1, 0.15) is 37.2 Å². The highest BCUT2D eigenvalue weighted by Gasteiger charge is 2.40. The van der Waals surface area contributed by atoms with Gasteiger partial charge in [0, 0.05) is 40.7 Å². The lowest BCUT2D eigenvalue weighted by Gasteiger charge is -2.38. The molecule has 1 heterocycles. The molecule has 0 unspecified atom stereocenters. The number of hydrogen-bond donors (Lipinski definition) is 0. The summed E-state index contributed by atoms with van der Waals surface area (Å²) >= 11 is 6.38. The van der Waals surface area contributed by atoms with E-state index in [2.05, 4.69) is 0 Å². The van der Waals surface area contributed by atoms with Crippen molar-refractivity contribution in [2.45, 2.75) is 31.6 Å². The van der Waals surface area contributed by atoms with Crippen LogP contribution in [-0.4, -0.2) is 11.7 Å². The minimum Gasteiger partial charge on any atom is -0.294 e. The number of para-hydroxylation sites is 1. The monoisotopic (exact) mass is 351 g/mol. The maximum absolute atomic E-state index is 13.0. The molecule has 0 aromatic heterocycles. The van der Waals surface area contributed by atoms with Crippen molar-refractivity contribution in [2.75, 3.05) is 4.90 Å². The Bertz CT molecular complexity index is 872. The Kier molecular flexibility index (Phi) is 4.18. The number of carbonyl (C=O) groups is 2. The van der Waals surface area contributed by atoms with Crippen molar-refractivity contribution in [1.29, 1.82) is 0 Å². The SMILES string of the molecule is O=C1CCCC2=C1[C@@H](c1ccccc1Cl)CC(=O)N2c1ccccc1. The molecule has 0 fully saturated rings. The van der Waals surface area contributed by atoms with Crippen molar-refractivity contribution in [3.63, 3.8) is 0 Å². The molecule has 0 bridgehead atoms. The van der Waals surface area contributed by atoms with Gasteiger partial charge in [0.1, 0.15) is 0 Å². The van der Waals surface area contributed by atoms with Crippen molar-refractivity contribution >= 4 is 29.0 Å². The Morgan fingerprint density at radius 1 is 0.920 bits per heavy atom. The molecule has 2 aromatic rings. The third kappa shape index (κ3) is 2.79. The number of allylic oxidation sites excluding steroid dienone is 2. The number of nitrogens with zero attached hydrogens (tertiary/aromatic N) is 1. The fraction of sp³-hybridized carbons (Fsp3) is 0.238. The van der Waals surface area contributed by atoms with Gasteiger partial charge in [0.2, 0.25) is 5.91 Å². The second-order valence-corrected chi connectivity index (χ2v) is 6.89. The van der Waals surface area contributed by atoms with E-state index in [1.165, 1.54) is 0 Å². The van der Waals surface area contributed by atoms with Gasteiger partial charge in [0.05, 0.1) is 0 Å². The fourth-order valence-electron chi connectivity index (χ4n) is 3.89. The van der Waals surface area contributed by atoms with Gasteiger partial charge in [-0.1, -0.05) is 48.0 Å². The van der Waals surface area contributed by atoms with Crippen LogP contribution in [0.4, 0.5) is 5.69 Å². The zero-order valence-electron chi connectivity index (χ0n) is 13.7. The van der Waals surface area contributed by atoms with E-state index in [-0.39, 0.29) is 24.0 Å². The number of anilines is 1. The molecule has 0 radical (unpaired) electrons. The van der Waals surface area contributed by atoms with E-state index in [9.17, 15) is 9.59 Å². The number of Topliss-reactive ketones (excluding diaryl/α,β-unsaturated/α-hetero) is 1. The molecule has 126 valence electrons. The Labute approximate surface area is 151 Å². The second kappa shape index (κ2) is 6.49. The van der Waals surface area contributed by atoms with Crippen LogP contribution in [0.2, 0.25) is 5.02 Å². The zero-order valence-corrected chi connectivity index (χ0v) is 14.5. The van der Waals surface area contributed by atoms with Crippen LogP contribution in [0, 0.1) is 0 Å². The van der Waals surface area contributed by atoms with E-state index in [0.717, 1.165) is 35.4 Å². The van der Waals surface area contributed by atoms with Gasteiger partial charge in [-0.15, -0.1) is 0 Å². The first kappa shape index (κ1) is 16.1. The number of carbonyl (C=O) groups excluding carboxylic acids is 2. The minimum atomic E-state index is -0.246. The van der Waals surface area contributed by atoms with Crippen molar-refractivity contribution < 1.29 is 9.59 Å². The van der Waals surface area contributed by atoms with Gasteiger partial charge in [-0.2, -0.15) is 0 Å². The Hall–Kier alpha value is -2.39. The molecular formula is C21H18ClNO2. The molecule has 1 aliphatic carbocycles. The fourth-order valence-corrected chi connectivity index (χ4v) is 4.16. The number of benzene rings is 2. The van der Waals surface area contributed by atoms with E-state index in [4.69, 9.17) is 11.6 Å². The van der Waals surface area contributed by atoms with Gasteiger partial charge >= 0.3 is 0 Å². The molecule has 25 heavy (non-hydrogen) atoms. The Morgan fingerprint density at radius 3 is 2.40 bits per heavy atom.